The Morgan fingerprint density at radius 1 is 0.440 bits per heavy atom. The van der Waals surface area contributed by atoms with Crippen LogP contribution in [0.15, 0.2) is 176 Å². The summed E-state index contributed by atoms with van der Waals surface area (Å²) in [6.07, 6.45) is 0. The lowest BCUT2D eigenvalue weighted by Gasteiger charge is -2.30. The van der Waals surface area contributed by atoms with Crippen LogP contribution in [-0.4, -0.2) is 9.97 Å². The number of nitrogens with zero attached hydrogens (tertiary/aromatic N) is 2. The van der Waals surface area contributed by atoms with Gasteiger partial charge in [-0.3, -0.25) is 0 Å². The summed E-state index contributed by atoms with van der Waals surface area (Å²) in [6.45, 7) is 1.67. The number of rotatable bonds is 4. The first-order valence-corrected chi connectivity index (χ1v) is 16.9. The zero-order valence-electron chi connectivity index (χ0n) is 31.3. The van der Waals surface area contributed by atoms with E-state index in [1.165, 1.54) is 44.5 Å². The molecule has 0 N–H and O–H groups in total. The molecule has 10 rings (SSSR count). The van der Waals surface area contributed by atoms with E-state index in [4.69, 9.17) is 15.5 Å². The second kappa shape index (κ2) is 11.1. The van der Waals surface area contributed by atoms with E-state index in [1.807, 2.05) is 60.7 Å². The van der Waals surface area contributed by atoms with E-state index in [1.54, 1.807) is 6.92 Å². The van der Waals surface area contributed by atoms with Crippen LogP contribution in [-0.2, 0) is 5.41 Å². The molecule has 0 radical (unpaired) electrons. The molecule has 0 atom stereocenters. The maximum Gasteiger partial charge on any atom is 0.160 e. The highest BCUT2D eigenvalue weighted by Crippen LogP contribution is 2.63. The predicted octanol–water partition coefficient (Wildman–Crippen LogP) is 11.8. The third kappa shape index (κ3) is 4.22. The van der Waals surface area contributed by atoms with Crippen molar-refractivity contribution in [2.75, 3.05) is 0 Å². The number of benzene rings is 7. The highest BCUT2D eigenvalue weighted by molar-refractivity contribution is 5.96. The molecule has 1 aromatic heterocycles. The minimum atomic E-state index is -0.479. The number of hydrogen-bond donors (Lipinski definition) is 0. The second-order valence-electron chi connectivity index (χ2n) is 13.1. The molecular formula is C48H32N2. The molecule has 2 aliphatic rings. The van der Waals surface area contributed by atoms with E-state index in [0.717, 1.165) is 22.4 Å². The smallest absolute Gasteiger partial charge is 0.160 e. The standard InChI is InChI=1S/C48H32N2/c1-31-13-11-16-33(27-31)34-17-12-18-35(28-34)45-30-46(50-47(49-45)32-14-3-2-4-15-32)36-25-26-40-39-21-7-10-24-43(39)48(44(40)29-36)41-22-8-5-19-37(41)38-20-6-9-23-42(38)48/h2-30H,1H3/i11D,13D,16D,27D. The lowest BCUT2D eigenvalue weighted by Crippen LogP contribution is -2.25. The number of hydrogen-bond acceptors (Lipinski definition) is 2. The lowest BCUT2D eigenvalue weighted by molar-refractivity contribution is 0.794. The van der Waals surface area contributed by atoms with Gasteiger partial charge in [-0.15, -0.1) is 0 Å². The summed E-state index contributed by atoms with van der Waals surface area (Å²) in [5.74, 6) is 0.591. The van der Waals surface area contributed by atoms with E-state index >= 15 is 0 Å². The fourth-order valence-electron chi connectivity index (χ4n) is 8.13. The van der Waals surface area contributed by atoms with Crippen LogP contribution in [0.1, 0.15) is 33.3 Å². The molecular weight excluding hydrogens is 605 g/mol. The molecule has 8 aromatic rings. The molecule has 0 unspecified atom stereocenters. The van der Waals surface area contributed by atoms with Crippen molar-refractivity contribution in [2.45, 2.75) is 12.3 Å². The van der Waals surface area contributed by atoms with Crippen molar-refractivity contribution in [3.05, 3.63) is 204 Å². The number of aromatic nitrogens is 2. The van der Waals surface area contributed by atoms with Crippen LogP contribution in [0, 0.1) is 6.92 Å². The van der Waals surface area contributed by atoms with Crippen LogP contribution in [0.25, 0.3) is 67.3 Å². The number of fused-ring (bicyclic) bond motifs is 10. The van der Waals surface area contributed by atoms with Gasteiger partial charge in [-0.25, -0.2) is 9.97 Å². The van der Waals surface area contributed by atoms with Gasteiger partial charge in [0, 0.05) is 16.7 Å². The summed E-state index contributed by atoms with van der Waals surface area (Å²) in [7, 11) is 0. The summed E-state index contributed by atoms with van der Waals surface area (Å²) >= 11 is 0. The van der Waals surface area contributed by atoms with E-state index in [0.29, 0.717) is 28.2 Å². The van der Waals surface area contributed by atoms with Crippen molar-refractivity contribution in [3.8, 4) is 67.3 Å². The monoisotopic (exact) mass is 640 g/mol. The molecule has 0 aliphatic heterocycles. The Labute approximate surface area is 298 Å². The van der Waals surface area contributed by atoms with Crippen molar-refractivity contribution >= 4 is 0 Å². The molecule has 0 fully saturated rings. The topological polar surface area (TPSA) is 25.8 Å². The molecule has 50 heavy (non-hydrogen) atoms. The van der Waals surface area contributed by atoms with Gasteiger partial charge in [-0.05, 0) is 80.8 Å². The van der Waals surface area contributed by atoms with E-state index in [-0.39, 0.29) is 24.2 Å². The normalized spacial score (nSPS) is 14.2. The van der Waals surface area contributed by atoms with Crippen molar-refractivity contribution < 1.29 is 5.48 Å². The molecule has 0 saturated carbocycles. The molecule has 2 aliphatic carbocycles. The molecule has 0 bridgehead atoms. The summed E-state index contributed by atoms with van der Waals surface area (Å²) in [5, 5.41) is 0. The summed E-state index contributed by atoms with van der Waals surface area (Å²) in [5.41, 5.74) is 15.1. The van der Waals surface area contributed by atoms with Crippen molar-refractivity contribution in [1.29, 1.82) is 0 Å². The minimum absolute atomic E-state index is 0.0818. The SMILES string of the molecule is [2H]c1c([2H])c(C)c([2H])c(-c2cccc(-c3cc(-c4ccc5c(c4)C4(c6ccccc6-c6ccccc64)c4ccccc4-5)nc(-c4ccccc4)n3)c2)c1[2H]. The zero-order chi connectivity index (χ0) is 36.7. The molecule has 1 heterocycles. The Morgan fingerprint density at radius 3 is 1.64 bits per heavy atom. The molecule has 2 nitrogen and oxygen atoms in total. The first-order valence-electron chi connectivity index (χ1n) is 18.9. The first kappa shape index (κ1) is 24.7. The third-order valence-electron chi connectivity index (χ3n) is 10.2. The molecule has 1 spiro atoms. The van der Waals surface area contributed by atoms with Crippen LogP contribution in [0.5, 0.6) is 0 Å². The summed E-state index contributed by atoms with van der Waals surface area (Å²) < 4.78 is 34.1. The highest BCUT2D eigenvalue weighted by Gasteiger charge is 2.51. The molecule has 2 heteroatoms. The summed E-state index contributed by atoms with van der Waals surface area (Å²) in [6, 6.07) is 52.5. The maximum absolute atomic E-state index is 8.80. The molecule has 0 amide bonds. The van der Waals surface area contributed by atoms with Crippen molar-refractivity contribution in [3.63, 3.8) is 0 Å². The third-order valence-corrected chi connectivity index (χ3v) is 10.2. The fourth-order valence-corrected chi connectivity index (χ4v) is 8.13. The molecule has 0 saturated heterocycles. The van der Waals surface area contributed by atoms with Gasteiger partial charge in [0.15, 0.2) is 5.82 Å². The molecule has 7 aromatic carbocycles. The largest absolute Gasteiger partial charge is 0.228 e. The lowest BCUT2D eigenvalue weighted by atomic mass is 9.70. The minimum Gasteiger partial charge on any atom is -0.228 e. The quantitative estimate of drug-likeness (QED) is 0.191. The Kier molecular flexibility index (Phi) is 5.48. The Bertz CT molecular complexity index is 2750. The van der Waals surface area contributed by atoms with Crippen LogP contribution in [0.4, 0.5) is 0 Å². The predicted molar refractivity (Wildman–Crippen MR) is 205 cm³/mol. The fraction of sp³-hybridized carbons (Fsp3) is 0.0417. The Morgan fingerprint density at radius 2 is 0.980 bits per heavy atom. The van der Waals surface area contributed by atoms with Gasteiger partial charge in [-0.2, -0.15) is 0 Å². The maximum atomic E-state index is 8.80. The molecule has 234 valence electrons. The van der Waals surface area contributed by atoms with E-state index in [2.05, 4.69) is 91.0 Å². The first-order chi connectivity index (χ1) is 26.4. The highest BCUT2D eigenvalue weighted by atomic mass is 14.9. The van der Waals surface area contributed by atoms with Gasteiger partial charge < -0.3 is 0 Å². The van der Waals surface area contributed by atoms with Crippen LogP contribution < -0.4 is 0 Å². The van der Waals surface area contributed by atoms with E-state index < -0.39 is 5.41 Å². The van der Waals surface area contributed by atoms with Gasteiger partial charge in [0.1, 0.15) is 0 Å². The van der Waals surface area contributed by atoms with Crippen LogP contribution >= 0.6 is 0 Å². The van der Waals surface area contributed by atoms with E-state index in [9.17, 15) is 0 Å². The average molecular weight is 641 g/mol. The summed E-state index contributed by atoms with van der Waals surface area (Å²) in [4.78, 5) is 10.3. The van der Waals surface area contributed by atoms with Gasteiger partial charge in [0.05, 0.1) is 22.3 Å². The van der Waals surface area contributed by atoms with Gasteiger partial charge in [0.25, 0.3) is 0 Å². The second-order valence-corrected chi connectivity index (χ2v) is 13.1. The van der Waals surface area contributed by atoms with Crippen molar-refractivity contribution in [2.24, 2.45) is 0 Å². The van der Waals surface area contributed by atoms with Gasteiger partial charge in [0.2, 0.25) is 0 Å². The Hall–Kier alpha value is -6.38. The van der Waals surface area contributed by atoms with Gasteiger partial charge >= 0.3 is 0 Å². The average Bonchev–Trinajstić information content (AvgIpc) is 3.70. The zero-order valence-corrected chi connectivity index (χ0v) is 27.3. The van der Waals surface area contributed by atoms with Crippen molar-refractivity contribution in [1.82, 2.24) is 9.97 Å². The van der Waals surface area contributed by atoms with Crippen LogP contribution in [0.3, 0.4) is 0 Å². The van der Waals surface area contributed by atoms with Crippen LogP contribution in [0.2, 0.25) is 0 Å². The van der Waals surface area contributed by atoms with Gasteiger partial charge in [-0.1, -0.05) is 163 Å². The Balaban J connectivity index is 1.19.